The average molecular weight is 354 g/mol. The van der Waals surface area contributed by atoms with Crippen molar-refractivity contribution in [3.8, 4) is 5.75 Å². The number of ether oxygens (including phenoxy) is 2. The van der Waals surface area contributed by atoms with Gasteiger partial charge < -0.3 is 14.8 Å². The Kier molecular flexibility index (Phi) is 5.96. The Morgan fingerprint density at radius 3 is 2.65 bits per heavy atom. The van der Waals surface area contributed by atoms with E-state index < -0.39 is 0 Å². The summed E-state index contributed by atoms with van der Waals surface area (Å²) < 4.78 is 11.0. The summed E-state index contributed by atoms with van der Waals surface area (Å²) in [6.45, 7) is 3.39. The second-order valence-electron chi connectivity index (χ2n) is 6.38. The van der Waals surface area contributed by atoms with Crippen LogP contribution >= 0.6 is 0 Å². The topological polar surface area (TPSA) is 77.0 Å². The minimum absolute atomic E-state index is 0.0979. The molecule has 0 radical (unpaired) electrons. The lowest BCUT2D eigenvalue weighted by molar-refractivity contribution is -0.122. The summed E-state index contributed by atoms with van der Waals surface area (Å²) in [6.07, 6.45) is 1.38. The number of hydrogen-bond acceptors (Lipinski definition) is 5. The Morgan fingerprint density at radius 1 is 1.23 bits per heavy atom. The first-order valence-electron chi connectivity index (χ1n) is 8.70. The maximum Gasteiger partial charge on any atom is 0.227 e. The molecule has 0 aliphatic carbocycles. The van der Waals surface area contributed by atoms with Crippen molar-refractivity contribution >= 4 is 17.3 Å². The van der Waals surface area contributed by atoms with E-state index in [9.17, 15) is 9.70 Å². The van der Waals surface area contributed by atoms with Gasteiger partial charge >= 0.3 is 0 Å². The van der Waals surface area contributed by atoms with E-state index in [1.807, 2.05) is 37.3 Å². The van der Waals surface area contributed by atoms with Crippen LogP contribution in [0, 0.1) is 17.7 Å². The number of amides is 1. The molecule has 1 heterocycles. The molecule has 0 unspecified atom stereocenters. The number of rotatable bonds is 6. The van der Waals surface area contributed by atoms with Crippen molar-refractivity contribution in [2.45, 2.75) is 26.4 Å². The Balaban J connectivity index is 1.72. The minimum Gasteiger partial charge on any atom is -0.489 e. The van der Waals surface area contributed by atoms with Crippen molar-refractivity contribution in [2.24, 2.45) is 11.1 Å². The molecule has 6 heteroatoms. The van der Waals surface area contributed by atoms with Gasteiger partial charge in [-0.2, -0.15) is 0 Å². The normalized spacial score (nSPS) is 14.7. The fourth-order valence-electron chi connectivity index (χ4n) is 2.98. The van der Waals surface area contributed by atoms with E-state index in [-0.39, 0.29) is 17.5 Å². The summed E-state index contributed by atoms with van der Waals surface area (Å²) in [4.78, 5) is 23.7. The zero-order valence-electron chi connectivity index (χ0n) is 14.7. The van der Waals surface area contributed by atoms with E-state index in [1.54, 1.807) is 12.1 Å². The molecule has 0 atom stereocenters. The first-order chi connectivity index (χ1) is 12.7. The van der Waals surface area contributed by atoms with Crippen LogP contribution in [0.3, 0.4) is 0 Å². The average Bonchev–Trinajstić information content (AvgIpc) is 2.69. The van der Waals surface area contributed by atoms with Gasteiger partial charge in [-0.25, -0.2) is 0 Å². The third kappa shape index (κ3) is 4.46. The van der Waals surface area contributed by atoms with Crippen molar-refractivity contribution in [2.75, 3.05) is 18.5 Å². The highest BCUT2D eigenvalue weighted by Gasteiger charge is 2.23. The molecular weight excluding hydrogens is 332 g/mol. The van der Waals surface area contributed by atoms with E-state index >= 15 is 0 Å². The van der Waals surface area contributed by atoms with Gasteiger partial charge in [-0.15, -0.1) is 4.91 Å². The third-order valence-corrected chi connectivity index (χ3v) is 4.48. The second-order valence-corrected chi connectivity index (χ2v) is 6.38. The smallest absolute Gasteiger partial charge is 0.227 e. The van der Waals surface area contributed by atoms with Crippen LogP contribution in [0.15, 0.2) is 47.6 Å². The Morgan fingerprint density at radius 2 is 1.96 bits per heavy atom. The lowest BCUT2D eigenvalue weighted by Gasteiger charge is -2.22. The van der Waals surface area contributed by atoms with Crippen molar-refractivity contribution in [3.63, 3.8) is 0 Å². The molecule has 26 heavy (non-hydrogen) atoms. The monoisotopic (exact) mass is 354 g/mol. The van der Waals surface area contributed by atoms with Crippen molar-refractivity contribution in [1.82, 2.24) is 0 Å². The summed E-state index contributed by atoms with van der Waals surface area (Å²) in [5.74, 6) is 0.348. The fraction of sp³-hybridized carbons (Fsp3) is 0.350. The molecular formula is C20H22N2O4. The van der Waals surface area contributed by atoms with Crippen molar-refractivity contribution < 1.29 is 14.3 Å². The zero-order chi connectivity index (χ0) is 18.4. The van der Waals surface area contributed by atoms with Gasteiger partial charge in [0.2, 0.25) is 5.91 Å². The number of carbonyl (C=O) groups is 1. The van der Waals surface area contributed by atoms with E-state index in [4.69, 9.17) is 9.47 Å². The lowest BCUT2D eigenvalue weighted by Crippen LogP contribution is -2.28. The van der Waals surface area contributed by atoms with Crippen LogP contribution in [0.2, 0.25) is 0 Å². The van der Waals surface area contributed by atoms with Crippen LogP contribution in [0.5, 0.6) is 5.75 Å². The largest absolute Gasteiger partial charge is 0.489 e. The standard InChI is InChI=1S/C20H22N2O4/c1-14-11-17(26-13-15-5-3-2-4-6-15)12-18(22-24)19(14)21-20(23)16-7-9-25-10-8-16/h2-6,11-12,16H,7-10,13H2,1H3,(H,21,23). The summed E-state index contributed by atoms with van der Waals surface area (Å²) >= 11 is 0. The number of nitroso groups, excluding NO2 is 1. The van der Waals surface area contributed by atoms with E-state index in [1.165, 1.54) is 0 Å². The van der Waals surface area contributed by atoms with E-state index in [0.717, 1.165) is 11.1 Å². The van der Waals surface area contributed by atoms with Gasteiger partial charge in [0.25, 0.3) is 0 Å². The molecule has 1 amide bonds. The highest BCUT2D eigenvalue weighted by molar-refractivity contribution is 5.96. The molecule has 1 N–H and O–H groups in total. The number of benzene rings is 2. The molecule has 0 bridgehead atoms. The highest BCUT2D eigenvalue weighted by Crippen LogP contribution is 2.34. The van der Waals surface area contributed by atoms with Crippen LogP contribution in [0.4, 0.5) is 11.4 Å². The molecule has 0 saturated carbocycles. The third-order valence-electron chi connectivity index (χ3n) is 4.48. The Labute approximate surface area is 152 Å². The first kappa shape index (κ1) is 18.1. The number of hydrogen-bond donors (Lipinski definition) is 1. The number of nitrogens with zero attached hydrogens (tertiary/aromatic N) is 1. The summed E-state index contributed by atoms with van der Waals surface area (Å²) in [6, 6.07) is 13.1. The highest BCUT2D eigenvalue weighted by atomic mass is 16.5. The predicted molar refractivity (Wildman–Crippen MR) is 99.6 cm³/mol. The summed E-state index contributed by atoms with van der Waals surface area (Å²) in [5.41, 5.74) is 2.39. The van der Waals surface area contributed by atoms with Crippen LogP contribution < -0.4 is 10.1 Å². The van der Waals surface area contributed by atoms with Gasteiger partial charge in [-0.1, -0.05) is 30.3 Å². The first-order valence-corrected chi connectivity index (χ1v) is 8.70. The molecule has 1 aliphatic rings. The van der Waals surface area contributed by atoms with Crippen LogP contribution in [0.1, 0.15) is 24.0 Å². The molecule has 0 aromatic heterocycles. The Hall–Kier alpha value is -2.73. The van der Waals surface area contributed by atoms with Crippen molar-refractivity contribution in [1.29, 1.82) is 0 Å². The number of nitrogens with one attached hydrogen (secondary N) is 1. The molecule has 1 saturated heterocycles. The van der Waals surface area contributed by atoms with Crippen LogP contribution in [-0.4, -0.2) is 19.1 Å². The molecule has 2 aromatic rings. The van der Waals surface area contributed by atoms with Gasteiger partial charge in [0.05, 0.1) is 5.69 Å². The van der Waals surface area contributed by atoms with E-state index in [2.05, 4.69) is 10.5 Å². The number of carbonyl (C=O) groups excluding carboxylic acids is 1. The second kappa shape index (κ2) is 8.58. The van der Waals surface area contributed by atoms with Gasteiger partial charge in [-0.3, -0.25) is 4.79 Å². The molecule has 2 aromatic carbocycles. The molecule has 136 valence electrons. The van der Waals surface area contributed by atoms with Gasteiger partial charge in [0.1, 0.15) is 18.0 Å². The summed E-state index contributed by atoms with van der Waals surface area (Å²) in [7, 11) is 0. The molecule has 1 aliphatic heterocycles. The van der Waals surface area contributed by atoms with Gasteiger partial charge in [0.15, 0.2) is 0 Å². The van der Waals surface area contributed by atoms with Crippen LogP contribution in [-0.2, 0) is 16.1 Å². The SMILES string of the molecule is Cc1cc(OCc2ccccc2)cc(N=O)c1NC(=O)C1CCOCC1. The maximum atomic E-state index is 12.4. The molecule has 6 nitrogen and oxygen atoms in total. The minimum atomic E-state index is -0.100. The fourth-order valence-corrected chi connectivity index (χ4v) is 2.98. The number of anilines is 1. The maximum absolute atomic E-state index is 12.4. The Bertz CT molecular complexity index is 771. The molecule has 3 rings (SSSR count). The lowest BCUT2D eigenvalue weighted by atomic mass is 9.99. The van der Waals surface area contributed by atoms with Crippen LogP contribution in [0.25, 0.3) is 0 Å². The quantitative estimate of drug-likeness (QED) is 0.783. The van der Waals surface area contributed by atoms with E-state index in [0.29, 0.717) is 44.1 Å². The summed E-state index contributed by atoms with van der Waals surface area (Å²) in [5, 5.41) is 5.93. The van der Waals surface area contributed by atoms with Gasteiger partial charge in [0, 0.05) is 25.2 Å². The predicted octanol–water partition coefficient (Wildman–Crippen LogP) is 4.34. The zero-order valence-corrected chi connectivity index (χ0v) is 14.7. The van der Waals surface area contributed by atoms with Crippen molar-refractivity contribution in [3.05, 3.63) is 58.5 Å². The number of aryl methyl sites for hydroxylation is 1. The molecule has 1 fully saturated rings. The molecule has 0 spiro atoms. The van der Waals surface area contributed by atoms with Gasteiger partial charge in [-0.05, 0) is 42.1 Å².